The van der Waals surface area contributed by atoms with Crippen molar-refractivity contribution in [3.05, 3.63) is 90.3 Å². The van der Waals surface area contributed by atoms with Crippen molar-refractivity contribution in [1.29, 1.82) is 0 Å². The molecule has 150 valence electrons. The first-order valence-electron chi connectivity index (χ1n) is 10.6. The fourth-order valence-corrected chi connectivity index (χ4v) is 4.21. The van der Waals surface area contributed by atoms with Gasteiger partial charge in [-0.2, -0.15) is 0 Å². The van der Waals surface area contributed by atoms with Crippen LogP contribution in [0.1, 0.15) is 42.8 Å². The maximum Gasteiger partial charge on any atom is 0.0544 e. The minimum atomic E-state index is 0.443. The monoisotopic (exact) mass is 387 g/mol. The Morgan fingerprint density at radius 3 is 1.83 bits per heavy atom. The molecule has 29 heavy (non-hydrogen) atoms. The third kappa shape index (κ3) is 5.68. The van der Waals surface area contributed by atoms with Gasteiger partial charge in [0.2, 0.25) is 0 Å². The molecule has 1 saturated carbocycles. The van der Waals surface area contributed by atoms with Gasteiger partial charge in [0, 0.05) is 50.3 Å². The van der Waals surface area contributed by atoms with Gasteiger partial charge in [-0.25, -0.2) is 0 Å². The molecule has 0 amide bonds. The van der Waals surface area contributed by atoms with Crippen LogP contribution in [0.2, 0.25) is 0 Å². The van der Waals surface area contributed by atoms with E-state index in [0.717, 1.165) is 36.7 Å². The fourth-order valence-electron chi connectivity index (χ4n) is 4.21. The molecule has 5 heteroatoms. The Morgan fingerprint density at radius 1 is 0.724 bits per heavy atom. The van der Waals surface area contributed by atoms with Crippen molar-refractivity contribution in [3.8, 4) is 0 Å². The Morgan fingerprint density at radius 2 is 1.28 bits per heavy atom. The summed E-state index contributed by atoms with van der Waals surface area (Å²) in [4.78, 5) is 16.2. The van der Waals surface area contributed by atoms with Crippen LogP contribution < -0.4 is 5.32 Å². The van der Waals surface area contributed by atoms with E-state index in [1.165, 1.54) is 25.7 Å². The molecule has 0 radical (unpaired) electrons. The molecular weight excluding hydrogens is 358 g/mol. The van der Waals surface area contributed by atoms with E-state index in [4.69, 9.17) is 0 Å². The Bertz CT molecular complexity index is 799. The first-order valence-corrected chi connectivity index (χ1v) is 10.6. The third-order valence-corrected chi connectivity index (χ3v) is 5.65. The minimum absolute atomic E-state index is 0.443. The predicted octanol–water partition coefficient (Wildman–Crippen LogP) is 3.97. The molecule has 1 aliphatic carbocycles. The van der Waals surface area contributed by atoms with Gasteiger partial charge in [0.25, 0.3) is 0 Å². The third-order valence-electron chi connectivity index (χ3n) is 5.65. The summed E-state index contributed by atoms with van der Waals surface area (Å²) in [7, 11) is 0. The number of nitrogens with one attached hydrogen (secondary N) is 1. The van der Waals surface area contributed by atoms with Gasteiger partial charge in [-0.3, -0.25) is 19.9 Å². The topological polar surface area (TPSA) is 53.9 Å². The van der Waals surface area contributed by atoms with E-state index in [2.05, 4.69) is 61.6 Å². The summed E-state index contributed by atoms with van der Waals surface area (Å²) in [5, 5.41) is 3.80. The quantitative estimate of drug-likeness (QED) is 0.634. The average molecular weight is 388 g/mol. The van der Waals surface area contributed by atoms with E-state index in [-0.39, 0.29) is 0 Å². The smallest absolute Gasteiger partial charge is 0.0544 e. The Kier molecular flexibility index (Phi) is 6.94. The lowest BCUT2D eigenvalue weighted by atomic mass is 9.88. The number of aromatic nitrogens is 3. The van der Waals surface area contributed by atoms with Crippen molar-refractivity contribution >= 4 is 0 Å². The molecule has 3 aromatic rings. The summed E-state index contributed by atoms with van der Waals surface area (Å²) < 4.78 is 0. The largest absolute Gasteiger partial charge is 0.307 e. The van der Waals surface area contributed by atoms with Crippen LogP contribution in [0.25, 0.3) is 0 Å². The second-order valence-corrected chi connectivity index (χ2v) is 7.71. The second kappa shape index (κ2) is 10.2. The van der Waals surface area contributed by atoms with Crippen molar-refractivity contribution in [2.45, 2.75) is 57.4 Å². The lowest BCUT2D eigenvalue weighted by Gasteiger charge is -2.40. The molecule has 1 fully saturated rings. The van der Waals surface area contributed by atoms with Crippen molar-refractivity contribution in [2.75, 3.05) is 0 Å². The highest BCUT2D eigenvalue weighted by Gasteiger charge is 2.30. The molecule has 5 nitrogen and oxygen atoms in total. The first-order chi connectivity index (χ1) is 14.4. The van der Waals surface area contributed by atoms with Crippen molar-refractivity contribution in [1.82, 2.24) is 25.2 Å². The predicted molar refractivity (Wildman–Crippen MR) is 115 cm³/mol. The van der Waals surface area contributed by atoms with Crippen molar-refractivity contribution in [3.63, 3.8) is 0 Å². The first kappa shape index (κ1) is 19.7. The van der Waals surface area contributed by atoms with E-state index < -0.39 is 0 Å². The van der Waals surface area contributed by atoms with Gasteiger partial charge in [-0.1, -0.05) is 31.0 Å². The van der Waals surface area contributed by atoms with Gasteiger partial charge < -0.3 is 5.32 Å². The van der Waals surface area contributed by atoms with Crippen LogP contribution in [-0.4, -0.2) is 31.9 Å². The van der Waals surface area contributed by atoms with Gasteiger partial charge in [-0.15, -0.1) is 0 Å². The van der Waals surface area contributed by atoms with Crippen LogP contribution >= 0.6 is 0 Å². The number of pyridine rings is 3. The van der Waals surface area contributed by atoms with Gasteiger partial charge >= 0.3 is 0 Å². The maximum absolute atomic E-state index is 4.58. The zero-order chi connectivity index (χ0) is 19.7. The molecule has 1 aliphatic rings. The molecule has 0 aromatic carbocycles. The fraction of sp³-hybridized carbons (Fsp3) is 0.375. The van der Waals surface area contributed by atoms with E-state index in [0.29, 0.717) is 12.1 Å². The normalized spacial score (nSPS) is 19.3. The van der Waals surface area contributed by atoms with E-state index >= 15 is 0 Å². The van der Waals surface area contributed by atoms with Crippen LogP contribution in [-0.2, 0) is 19.6 Å². The van der Waals surface area contributed by atoms with E-state index in [9.17, 15) is 0 Å². The number of rotatable bonds is 8. The standard InChI is InChI=1S/C24H29N5/c1-2-13-24(23(12-1)28-17-20-9-3-6-14-25-20)29(18-21-10-4-7-15-26-21)19-22-11-5-8-16-27-22/h3-11,14-16,23-24,28H,1-2,12-13,17-19H2/t23-,24-/m1/s1. The van der Waals surface area contributed by atoms with Crippen LogP contribution in [0, 0.1) is 0 Å². The number of nitrogens with zero attached hydrogens (tertiary/aromatic N) is 4. The molecule has 0 saturated heterocycles. The van der Waals surface area contributed by atoms with Crippen molar-refractivity contribution in [2.24, 2.45) is 0 Å². The summed E-state index contributed by atoms with van der Waals surface area (Å²) in [6.45, 7) is 2.48. The number of hydrogen-bond acceptors (Lipinski definition) is 5. The Labute approximate surface area is 173 Å². The van der Waals surface area contributed by atoms with Crippen LogP contribution in [0.3, 0.4) is 0 Å². The summed E-state index contributed by atoms with van der Waals surface area (Å²) in [6, 6.07) is 19.3. The highest BCUT2D eigenvalue weighted by Crippen LogP contribution is 2.26. The molecule has 0 spiro atoms. The lowest BCUT2D eigenvalue weighted by molar-refractivity contribution is 0.103. The molecular formula is C24H29N5. The van der Waals surface area contributed by atoms with E-state index in [1.807, 2.05) is 36.8 Å². The molecule has 3 aromatic heterocycles. The maximum atomic E-state index is 4.58. The van der Waals surface area contributed by atoms with Gasteiger partial charge in [0.05, 0.1) is 17.1 Å². The molecule has 1 N–H and O–H groups in total. The van der Waals surface area contributed by atoms with Gasteiger partial charge in [0.15, 0.2) is 0 Å². The second-order valence-electron chi connectivity index (χ2n) is 7.71. The zero-order valence-corrected chi connectivity index (χ0v) is 16.8. The van der Waals surface area contributed by atoms with Crippen LogP contribution in [0.15, 0.2) is 73.2 Å². The summed E-state index contributed by atoms with van der Waals surface area (Å²) in [6.07, 6.45) is 10.6. The molecule has 3 heterocycles. The highest BCUT2D eigenvalue weighted by molar-refractivity contribution is 5.08. The molecule has 0 bridgehead atoms. The molecule has 2 atom stereocenters. The summed E-state index contributed by atoms with van der Waals surface area (Å²) in [5.41, 5.74) is 3.31. The Hall–Kier alpha value is -2.63. The average Bonchev–Trinajstić information content (AvgIpc) is 2.80. The van der Waals surface area contributed by atoms with Crippen molar-refractivity contribution < 1.29 is 0 Å². The van der Waals surface area contributed by atoms with E-state index in [1.54, 1.807) is 0 Å². The minimum Gasteiger partial charge on any atom is -0.307 e. The molecule has 4 rings (SSSR count). The number of hydrogen-bond donors (Lipinski definition) is 1. The SMILES string of the molecule is c1ccc(CN[C@@H]2CCCC[C@H]2N(Cc2ccccn2)Cc2ccccn2)nc1. The summed E-state index contributed by atoms with van der Waals surface area (Å²) in [5.74, 6) is 0. The molecule has 0 aliphatic heterocycles. The van der Waals surface area contributed by atoms with Gasteiger partial charge in [0.1, 0.15) is 0 Å². The Balaban J connectivity index is 1.51. The van der Waals surface area contributed by atoms with Crippen LogP contribution in [0.4, 0.5) is 0 Å². The molecule has 0 unspecified atom stereocenters. The lowest BCUT2D eigenvalue weighted by Crippen LogP contribution is -2.51. The summed E-state index contributed by atoms with van der Waals surface area (Å²) >= 11 is 0. The zero-order valence-electron chi connectivity index (χ0n) is 16.8. The van der Waals surface area contributed by atoms with Gasteiger partial charge in [-0.05, 0) is 49.2 Å². The van der Waals surface area contributed by atoms with Crippen LogP contribution in [0.5, 0.6) is 0 Å². The highest BCUT2D eigenvalue weighted by atomic mass is 15.2.